The molecule has 0 spiro atoms. The molecular formula is C32H35F5N6O. The number of carbonyl (C=O) groups excluding carboxylic acids is 1. The van der Waals surface area contributed by atoms with E-state index >= 15 is 0 Å². The maximum Gasteiger partial charge on any atom is 0.416 e. The van der Waals surface area contributed by atoms with Gasteiger partial charge in [-0.1, -0.05) is 32.8 Å². The molecule has 0 saturated heterocycles. The molecule has 12 heteroatoms. The molecule has 0 bridgehead atoms. The number of aromatic nitrogens is 4. The molecule has 7 nitrogen and oxygen atoms in total. The quantitative estimate of drug-likeness (QED) is 0.166. The van der Waals surface area contributed by atoms with Gasteiger partial charge < -0.3 is 10.2 Å². The third-order valence-corrected chi connectivity index (χ3v) is 6.56. The molecule has 0 saturated carbocycles. The third kappa shape index (κ3) is 8.83. The van der Waals surface area contributed by atoms with E-state index in [0.29, 0.717) is 5.69 Å². The number of aryl methyl sites for hydroxylation is 2. The maximum absolute atomic E-state index is 13.5. The Morgan fingerprint density at radius 1 is 1.07 bits per heavy atom. The first-order valence-corrected chi connectivity index (χ1v) is 14.2. The molecule has 0 radical (unpaired) electrons. The number of rotatable bonds is 8. The Hall–Kier alpha value is -4.37. The number of anilines is 1. The molecule has 234 valence electrons. The van der Waals surface area contributed by atoms with Crippen molar-refractivity contribution in [1.29, 1.82) is 0 Å². The van der Waals surface area contributed by atoms with E-state index in [4.69, 9.17) is 0 Å². The van der Waals surface area contributed by atoms with E-state index in [0.717, 1.165) is 6.07 Å². The molecule has 1 N–H and O–H groups in total. The first-order chi connectivity index (χ1) is 20.9. The normalized spacial score (nSPS) is 11.3. The molecule has 0 atom stereocenters. The van der Waals surface area contributed by atoms with Gasteiger partial charge in [-0.05, 0) is 88.1 Å². The van der Waals surface area contributed by atoms with Crippen LogP contribution in [-0.2, 0) is 12.6 Å². The molecule has 0 aliphatic heterocycles. The summed E-state index contributed by atoms with van der Waals surface area (Å²) in [5.41, 5.74) is -0.459. The molecule has 0 aliphatic carbocycles. The van der Waals surface area contributed by atoms with Gasteiger partial charge in [-0.3, -0.25) is 9.78 Å². The molecule has 4 rings (SSSR count). The van der Waals surface area contributed by atoms with Crippen LogP contribution in [0.5, 0.6) is 0 Å². The van der Waals surface area contributed by atoms with E-state index in [9.17, 15) is 26.7 Å². The summed E-state index contributed by atoms with van der Waals surface area (Å²) < 4.78 is 68.2. The molecule has 0 aliphatic rings. The smallest absolute Gasteiger partial charge is 0.322 e. The minimum Gasteiger partial charge on any atom is -0.322 e. The van der Waals surface area contributed by atoms with Crippen LogP contribution in [0.15, 0.2) is 48.8 Å². The number of fused-ring (bicyclic) bond motifs is 1. The van der Waals surface area contributed by atoms with Gasteiger partial charge in [0.15, 0.2) is 5.65 Å². The Bertz CT molecular complexity index is 1630. The highest BCUT2D eigenvalue weighted by Gasteiger charge is 2.33. The molecule has 44 heavy (non-hydrogen) atoms. The van der Waals surface area contributed by atoms with Gasteiger partial charge in [0.2, 0.25) is 0 Å². The molecule has 1 aromatic carbocycles. The van der Waals surface area contributed by atoms with Gasteiger partial charge in [-0.25, -0.2) is 18.3 Å². The summed E-state index contributed by atoms with van der Waals surface area (Å²) in [5, 5.41) is 6.44. The fourth-order valence-corrected chi connectivity index (χ4v) is 4.39. The number of hydrogen-bond acceptors (Lipinski definition) is 5. The summed E-state index contributed by atoms with van der Waals surface area (Å²) in [5.74, 6) is 4.67. The van der Waals surface area contributed by atoms with Gasteiger partial charge >= 0.3 is 6.18 Å². The van der Waals surface area contributed by atoms with Gasteiger partial charge in [0, 0.05) is 23.6 Å². The average Bonchev–Trinajstić information content (AvgIpc) is 3.36. The monoisotopic (exact) mass is 614 g/mol. The first kappa shape index (κ1) is 34.1. The van der Waals surface area contributed by atoms with Crippen LogP contribution in [0.1, 0.15) is 84.2 Å². The number of imidazole rings is 1. The summed E-state index contributed by atoms with van der Waals surface area (Å²) >= 11 is 0. The second-order valence-corrected chi connectivity index (χ2v) is 10.0. The highest BCUT2D eigenvalue weighted by atomic mass is 19.4. The fraction of sp³-hybridized carbons (Fsp3) is 0.375. The Morgan fingerprint density at radius 2 is 1.77 bits per heavy atom. The summed E-state index contributed by atoms with van der Waals surface area (Å²) in [6.07, 6.45) is -2.06. The molecule has 3 aromatic heterocycles. The lowest BCUT2D eigenvalue weighted by Crippen LogP contribution is -2.19. The van der Waals surface area contributed by atoms with Crippen LogP contribution in [0.4, 0.5) is 27.6 Å². The number of nitrogens with zero attached hydrogens (tertiary/aromatic N) is 5. The van der Waals surface area contributed by atoms with Crippen LogP contribution in [0.25, 0.3) is 5.65 Å². The highest BCUT2D eigenvalue weighted by molar-refractivity contribution is 6.04. The Balaban J connectivity index is 0.000000583. The van der Waals surface area contributed by atoms with Crippen molar-refractivity contribution in [3.63, 3.8) is 0 Å². The number of nitrogens with one attached hydrogen (secondary N) is 1. The third-order valence-electron chi connectivity index (χ3n) is 6.56. The molecule has 3 heterocycles. The fourth-order valence-electron chi connectivity index (χ4n) is 4.39. The Labute approximate surface area is 253 Å². The van der Waals surface area contributed by atoms with Gasteiger partial charge in [-0.15, -0.1) is 0 Å². The van der Waals surface area contributed by atoms with Crippen molar-refractivity contribution in [3.8, 4) is 11.8 Å². The van der Waals surface area contributed by atoms with E-state index < -0.39 is 29.8 Å². The zero-order valence-corrected chi connectivity index (χ0v) is 25.3. The van der Waals surface area contributed by atoms with E-state index in [-0.39, 0.29) is 40.1 Å². The maximum atomic E-state index is 13.5. The SMILES string of the molecule is CCCN(C)CCC.CCc1ccc(NC(=O)c2cnc(C)c(C#Cc3c(C(F)F)nc4cccnn34)c2)cc1C(F)(F)F. The van der Waals surface area contributed by atoms with Crippen molar-refractivity contribution >= 4 is 17.2 Å². The van der Waals surface area contributed by atoms with Crippen molar-refractivity contribution < 1.29 is 26.7 Å². The van der Waals surface area contributed by atoms with E-state index in [1.54, 1.807) is 19.9 Å². The minimum atomic E-state index is -4.57. The second-order valence-electron chi connectivity index (χ2n) is 10.0. The van der Waals surface area contributed by atoms with E-state index in [2.05, 4.69) is 58.0 Å². The van der Waals surface area contributed by atoms with Crippen LogP contribution < -0.4 is 5.32 Å². The molecule has 0 unspecified atom stereocenters. The standard InChI is InChI=1S/C25H18F5N5O.C7H17N/c1-3-15-6-8-18(12-19(15)25(28,29)30)33-24(36)17-11-16(14(2)31-13-17)7-9-20-22(23(26)27)34-21-5-4-10-32-35(20)21;1-4-6-8(3)7-5-2/h4-6,8,10-13,23H,3H2,1-2H3,(H,33,36);4-7H2,1-3H3. The van der Waals surface area contributed by atoms with Crippen LogP contribution >= 0.6 is 0 Å². The number of pyridine rings is 1. The van der Waals surface area contributed by atoms with Gasteiger partial charge in [0.05, 0.1) is 16.8 Å². The van der Waals surface area contributed by atoms with Crippen molar-refractivity contribution in [3.05, 3.63) is 88.1 Å². The van der Waals surface area contributed by atoms with Crippen molar-refractivity contribution in [2.45, 2.75) is 59.6 Å². The summed E-state index contributed by atoms with van der Waals surface area (Å²) in [6, 6.07) is 8.03. The Kier molecular flexibility index (Phi) is 11.9. The predicted molar refractivity (Wildman–Crippen MR) is 160 cm³/mol. The average molecular weight is 615 g/mol. The van der Waals surface area contributed by atoms with Crippen molar-refractivity contribution in [1.82, 2.24) is 24.5 Å². The number of alkyl halides is 5. The Morgan fingerprint density at radius 3 is 2.39 bits per heavy atom. The number of benzene rings is 1. The minimum absolute atomic E-state index is 0.0309. The van der Waals surface area contributed by atoms with Crippen molar-refractivity contribution in [2.75, 3.05) is 25.5 Å². The lowest BCUT2D eigenvalue weighted by atomic mass is 10.0. The largest absolute Gasteiger partial charge is 0.416 e. The first-order valence-electron chi connectivity index (χ1n) is 14.2. The number of carbonyl (C=O) groups is 1. The highest BCUT2D eigenvalue weighted by Crippen LogP contribution is 2.34. The van der Waals surface area contributed by atoms with E-state index in [1.165, 1.54) is 67.1 Å². The molecule has 1 amide bonds. The topological polar surface area (TPSA) is 75.4 Å². The zero-order valence-electron chi connectivity index (χ0n) is 25.3. The lowest BCUT2D eigenvalue weighted by molar-refractivity contribution is -0.138. The van der Waals surface area contributed by atoms with Gasteiger partial charge in [0.1, 0.15) is 11.4 Å². The summed E-state index contributed by atoms with van der Waals surface area (Å²) in [6.45, 7) is 10.1. The van der Waals surface area contributed by atoms with Crippen LogP contribution in [0, 0.1) is 18.8 Å². The summed E-state index contributed by atoms with van der Waals surface area (Å²) in [4.78, 5) is 23.1. The second kappa shape index (κ2) is 15.4. The summed E-state index contributed by atoms with van der Waals surface area (Å²) in [7, 11) is 2.17. The number of halogens is 5. The lowest BCUT2D eigenvalue weighted by Gasteiger charge is -2.14. The van der Waals surface area contributed by atoms with Gasteiger partial charge in [-0.2, -0.15) is 18.3 Å². The van der Waals surface area contributed by atoms with Crippen LogP contribution in [0.2, 0.25) is 0 Å². The van der Waals surface area contributed by atoms with E-state index in [1.807, 2.05) is 0 Å². The zero-order chi connectivity index (χ0) is 32.4. The number of amides is 1. The van der Waals surface area contributed by atoms with Crippen molar-refractivity contribution in [2.24, 2.45) is 0 Å². The predicted octanol–water partition coefficient (Wildman–Crippen LogP) is 7.34. The van der Waals surface area contributed by atoms with Crippen LogP contribution in [0.3, 0.4) is 0 Å². The van der Waals surface area contributed by atoms with Gasteiger partial charge in [0.25, 0.3) is 12.3 Å². The molecule has 4 aromatic rings. The van der Waals surface area contributed by atoms with Crippen LogP contribution in [-0.4, -0.2) is 50.5 Å². The molecular weight excluding hydrogens is 579 g/mol. The number of hydrogen-bond donors (Lipinski definition) is 1. The molecule has 0 fully saturated rings.